The van der Waals surface area contributed by atoms with Gasteiger partial charge in [0.05, 0.1) is 5.57 Å². The molecule has 0 amide bonds. The summed E-state index contributed by atoms with van der Waals surface area (Å²) >= 11 is 0. The van der Waals surface area contributed by atoms with Crippen molar-refractivity contribution >= 4 is 11.5 Å². The summed E-state index contributed by atoms with van der Waals surface area (Å²) in [5.74, 6) is -3.15. The minimum absolute atomic E-state index is 0.0327. The number of rotatable bonds is 2. The summed E-state index contributed by atoms with van der Waals surface area (Å²) in [6.07, 6.45) is 0. The molecule has 0 fully saturated rings. The molecule has 0 bridgehead atoms. The van der Waals surface area contributed by atoms with Crippen LogP contribution in [0.25, 0.3) is 5.57 Å². The van der Waals surface area contributed by atoms with Gasteiger partial charge in [-0.3, -0.25) is 0 Å². The van der Waals surface area contributed by atoms with Crippen LogP contribution in [0.3, 0.4) is 0 Å². The first-order valence-electron chi connectivity index (χ1n) is 3.61. The van der Waals surface area contributed by atoms with Crippen LogP contribution in [0.2, 0.25) is 0 Å². The summed E-state index contributed by atoms with van der Waals surface area (Å²) in [5.41, 5.74) is -0.249. The van der Waals surface area contributed by atoms with Crippen molar-refractivity contribution in [1.82, 2.24) is 0 Å². The summed E-state index contributed by atoms with van der Waals surface area (Å²) in [6.45, 7) is 3.23. The molecule has 0 spiro atoms. The molecule has 0 heterocycles. The topological polar surface area (TPSA) is 98.0 Å². The summed E-state index contributed by atoms with van der Waals surface area (Å²) in [4.78, 5) is 10.5. The van der Waals surface area contributed by atoms with E-state index in [-0.39, 0.29) is 11.1 Å². The number of carboxylic acids is 1. The number of carboxylic acid groups (broad SMARTS) is 1. The third-order valence-corrected chi connectivity index (χ3v) is 1.68. The second-order valence-electron chi connectivity index (χ2n) is 2.65. The fourth-order valence-corrected chi connectivity index (χ4v) is 0.902. The van der Waals surface area contributed by atoms with E-state index in [4.69, 9.17) is 20.4 Å². The Kier molecular flexibility index (Phi) is 2.33. The lowest BCUT2D eigenvalue weighted by Crippen LogP contribution is -1.97. The SMILES string of the molecule is C=C(C(=O)O)c1cc(O)c(O)c(O)c1. The van der Waals surface area contributed by atoms with Gasteiger partial charge in [0.1, 0.15) is 0 Å². The molecule has 5 heteroatoms. The van der Waals surface area contributed by atoms with Crippen molar-refractivity contribution in [3.05, 3.63) is 24.3 Å². The molecule has 0 saturated carbocycles. The predicted octanol–water partition coefficient (Wildman–Crippen LogP) is 0.901. The Bertz CT molecular complexity index is 385. The zero-order valence-corrected chi connectivity index (χ0v) is 7.06. The summed E-state index contributed by atoms with van der Waals surface area (Å²) in [6, 6.07) is 2.01. The monoisotopic (exact) mass is 196 g/mol. The number of phenols is 3. The van der Waals surface area contributed by atoms with Crippen LogP contribution in [0.15, 0.2) is 18.7 Å². The van der Waals surface area contributed by atoms with Gasteiger partial charge in [0.25, 0.3) is 0 Å². The van der Waals surface area contributed by atoms with Crippen LogP contribution in [0.5, 0.6) is 17.2 Å². The van der Waals surface area contributed by atoms with Crippen LogP contribution >= 0.6 is 0 Å². The molecule has 74 valence electrons. The van der Waals surface area contributed by atoms with E-state index in [1.54, 1.807) is 0 Å². The molecule has 1 rings (SSSR count). The molecule has 1 aromatic carbocycles. The van der Waals surface area contributed by atoms with Crippen LogP contribution in [0.1, 0.15) is 5.56 Å². The lowest BCUT2D eigenvalue weighted by Gasteiger charge is -2.05. The molecule has 0 unspecified atom stereocenters. The molecule has 4 N–H and O–H groups in total. The molecule has 0 saturated heterocycles. The molecule has 0 radical (unpaired) electrons. The molecule has 0 aliphatic carbocycles. The van der Waals surface area contributed by atoms with Crippen molar-refractivity contribution in [3.63, 3.8) is 0 Å². The molecular weight excluding hydrogens is 188 g/mol. The number of aliphatic carboxylic acids is 1. The molecule has 14 heavy (non-hydrogen) atoms. The highest BCUT2D eigenvalue weighted by Crippen LogP contribution is 2.36. The van der Waals surface area contributed by atoms with Gasteiger partial charge in [-0.25, -0.2) is 4.79 Å². The van der Waals surface area contributed by atoms with Gasteiger partial charge in [0, 0.05) is 0 Å². The van der Waals surface area contributed by atoms with E-state index in [0.717, 1.165) is 12.1 Å². The van der Waals surface area contributed by atoms with Crippen molar-refractivity contribution in [2.24, 2.45) is 0 Å². The lowest BCUT2D eigenvalue weighted by molar-refractivity contribution is -0.130. The van der Waals surface area contributed by atoms with Crippen molar-refractivity contribution in [1.29, 1.82) is 0 Å². The smallest absolute Gasteiger partial charge is 0.335 e. The maximum atomic E-state index is 10.5. The number of hydrogen-bond donors (Lipinski definition) is 4. The Balaban J connectivity index is 3.26. The van der Waals surface area contributed by atoms with E-state index in [1.807, 2.05) is 0 Å². The maximum absolute atomic E-state index is 10.5. The van der Waals surface area contributed by atoms with E-state index in [2.05, 4.69) is 6.58 Å². The zero-order chi connectivity index (χ0) is 10.9. The van der Waals surface area contributed by atoms with Gasteiger partial charge < -0.3 is 20.4 Å². The fourth-order valence-electron chi connectivity index (χ4n) is 0.902. The predicted molar refractivity (Wildman–Crippen MR) is 48.1 cm³/mol. The Morgan fingerprint density at radius 1 is 1.14 bits per heavy atom. The van der Waals surface area contributed by atoms with Crippen molar-refractivity contribution in [2.45, 2.75) is 0 Å². The van der Waals surface area contributed by atoms with Crippen molar-refractivity contribution in [3.8, 4) is 17.2 Å². The quantitative estimate of drug-likeness (QED) is 0.416. The van der Waals surface area contributed by atoms with Gasteiger partial charge in [-0.15, -0.1) is 0 Å². The van der Waals surface area contributed by atoms with Crippen LogP contribution in [0.4, 0.5) is 0 Å². The molecular formula is C9H8O5. The standard InChI is InChI=1S/C9H8O5/c1-4(9(13)14)5-2-6(10)8(12)7(11)3-5/h2-3,10-12H,1H2,(H,13,14). The second kappa shape index (κ2) is 3.29. The molecule has 0 aliphatic heterocycles. The first-order valence-corrected chi connectivity index (χ1v) is 3.61. The first kappa shape index (κ1) is 9.91. The lowest BCUT2D eigenvalue weighted by atomic mass is 10.1. The average molecular weight is 196 g/mol. The van der Waals surface area contributed by atoms with Crippen molar-refractivity contribution in [2.75, 3.05) is 0 Å². The third kappa shape index (κ3) is 1.61. The number of benzene rings is 1. The third-order valence-electron chi connectivity index (χ3n) is 1.68. The van der Waals surface area contributed by atoms with E-state index >= 15 is 0 Å². The number of hydrogen-bond acceptors (Lipinski definition) is 4. The van der Waals surface area contributed by atoms with Crippen LogP contribution in [-0.4, -0.2) is 26.4 Å². The number of carbonyl (C=O) groups is 1. The highest BCUT2D eigenvalue weighted by atomic mass is 16.4. The van der Waals surface area contributed by atoms with Crippen molar-refractivity contribution < 1.29 is 25.2 Å². The van der Waals surface area contributed by atoms with E-state index in [1.165, 1.54) is 0 Å². The molecule has 0 atom stereocenters. The molecule has 5 nitrogen and oxygen atoms in total. The normalized spacial score (nSPS) is 9.71. The average Bonchev–Trinajstić information content (AvgIpc) is 2.12. The van der Waals surface area contributed by atoms with Gasteiger partial charge in [-0.2, -0.15) is 0 Å². The van der Waals surface area contributed by atoms with E-state index in [0.29, 0.717) is 0 Å². The summed E-state index contributed by atoms with van der Waals surface area (Å²) < 4.78 is 0. The molecule has 1 aromatic rings. The van der Waals surface area contributed by atoms with Gasteiger partial charge in [0.2, 0.25) is 0 Å². The maximum Gasteiger partial charge on any atom is 0.335 e. The highest BCUT2D eigenvalue weighted by Gasteiger charge is 2.13. The second-order valence-corrected chi connectivity index (χ2v) is 2.65. The highest BCUT2D eigenvalue weighted by molar-refractivity contribution is 6.14. The fraction of sp³-hybridized carbons (Fsp3) is 0. The van der Waals surface area contributed by atoms with Crippen LogP contribution < -0.4 is 0 Å². The molecule has 0 aliphatic rings. The zero-order valence-electron chi connectivity index (χ0n) is 7.06. The van der Waals surface area contributed by atoms with E-state index < -0.39 is 23.2 Å². The largest absolute Gasteiger partial charge is 0.504 e. The van der Waals surface area contributed by atoms with Gasteiger partial charge in [0.15, 0.2) is 17.2 Å². The first-order chi connectivity index (χ1) is 6.43. The Morgan fingerprint density at radius 2 is 1.57 bits per heavy atom. The van der Waals surface area contributed by atoms with Gasteiger partial charge >= 0.3 is 5.97 Å². The van der Waals surface area contributed by atoms with Gasteiger partial charge in [-0.1, -0.05) is 6.58 Å². The van der Waals surface area contributed by atoms with Gasteiger partial charge in [-0.05, 0) is 17.7 Å². The minimum Gasteiger partial charge on any atom is -0.504 e. The van der Waals surface area contributed by atoms with Crippen LogP contribution in [-0.2, 0) is 4.79 Å². The summed E-state index contributed by atoms with van der Waals surface area (Å²) in [7, 11) is 0. The Morgan fingerprint density at radius 3 is 1.93 bits per heavy atom. The minimum atomic E-state index is -1.27. The Hall–Kier alpha value is -2.17. The van der Waals surface area contributed by atoms with Crippen LogP contribution in [0, 0.1) is 0 Å². The van der Waals surface area contributed by atoms with E-state index in [9.17, 15) is 4.79 Å². The Labute approximate surface area is 79.2 Å². The molecule has 0 aromatic heterocycles. The number of aromatic hydroxyl groups is 3. The summed E-state index contributed by atoms with van der Waals surface area (Å²) in [5, 5.41) is 35.7. The number of phenolic OH excluding ortho intramolecular Hbond substituents is 3.